The third-order valence-corrected chi connectivity index (χ3v) is 4.81. The van der Waals surface area contributed by atoms with E-state index >= 15 is 0 Å². The van der Waals surface area contributed by atoms with Gasteiger partial charge in [0.15, 0.2) is 0 Å². The average Bonchev–Trinajstić information content (AvgIpc) is 2.68. The highest BCUT2D eigenvalue weighted by Gasteiger charge is 2.31. The highest BCUT2D eigenvalue weighted by atomic mass is 16.5. The van der Waals surface area contributed by atoms with E-state index in [2.05, 4.69) is 11.8 Å². The summed E-state index contributed by atoms with van der Waals surface area (Å²) in [4.78, 5) is 16.9. The van der Waals surface area contributed by atoms with Crippen LogP contribution in [0.3, 0.4) is 0 Å². The third kappa shape index (κ3) is 4.17. The number of hydrogen-bond acceptors (Lipinski definition) is 5. The van der Waals surface area contributed by atoms with Crippen molar-refractivity contribution in [3.05, 3.63) is 48.0 Å². The second kappa shape index (κ2) is 8.31. The molecule has 0 saturated carbocycles. The first kappa shape index (κ1) is 19.0. The lowest BCUT2D eigenvalue weighted by Crippen LogP contribution is -2.55. The molecule has 3 rings (SSSR count). The maximum Gasteiger partial charge on any atom is 0.241 e. The Hall–Kier alpha value is -2.73. The molecule has 2 aromatic carbocycles. The Morgan fingerprint density at radius 2 is 1.74 bits per heavy atom. The summed E-state index contributed by atoms with van der Waals surface area (Å²) in [7, 11) is 4.91. The third-order valence-electron chi connectivity index (χ3n) is 4.81. The van der Waals surface area contributed by atoms with Gasteiger partial charge in [-0.1, -0.05) is 12.1 Å². The Morgan fingerprint density at radius 1 is 1.00 bits per heavy atom. The Labute approximate surface area is 160 Å². The summed E-state index contributed by atoms with van der Waals surface area (Å²) in [5, 5.41) is 0. The number of nitrogens with zero attached hydrogens (tertiary/aromatic N) is 2. The number of ether oxygens (including phenoxy) is 3. The first-order valence-electron chi connectivity index (χ1n) is 8.95. The van der Waals surface area contributed by atoms with Crippen LogP contribution in [0.5, 0.6) is 17.2 Å². The predicted octanol–water partition coefficient (Wildman–Crippen LogP) is 2.95. The van der Waals surface area contributed by atoms with Gasteiger partial charge in [-0.05, 0) is 25.1 Å². The number of methoxy groups -OCH3 is 3. The lowest BCUT2D eigenvalue weighted by molar-refractivity contribution is -0.122. The van der Waals surface area contributed by atoms with Gasteiger partial charge < -0.3 is 19.1 Å². The minimum atomic E-state index is 0.0580. The zero-order valence-corrected chi connectivity index (χ0v) is 16.3. The summed E-state index contributed by atoms with van der Waals surface area (Å²) in [5.74, 6) is 2.35. The van der Waals surface area contributed by atoms with Gasteiger partial charge in [0.25, 0.3) is 0 Å². The largest absolute Gasteiger partial charge is 0.497 e. The Bertz CT molecular complexity index is 809. The Balaban J connectivity index is 1.74. The van der Waals surface area contributed by atoms with Crippen molar-refractivity contribution in [2.45, 2.75) is 19.5 Å². The van der Waals surface area contributed by atoms with Crippen LogP contribution in [-0.4, -0.2) is 51.3 Å². The monoisotopic (exact) mass is 370 g/mol. The first-order valence-corrected chi connectivity index (χ1v) is 8.95. The SMILES string of the molecule is COc1cccc(N2C(=O)CN(Cc3ccc(OC)cc3OC)C[C@H]2C)c1. The molecule has 1 aliphatic heterocycles. The lowest BCUT2D eigenvalue weighted by Gasteiger charge is -2.39. The van der Waals surface area contributed by atoms with E-state index in [0.717, 1.165) is 35.0 Å². The molecule has 0 spiro atoms. The first-order chi connectivity index (χ1) is 13.0. The highest BCUT2D eigenvalue weighted by Crippen LogP contribution is 2.29. The minimum Gasteiger partial charge on any atom is -0.497 e. The molecule has 1 aliphatic rings. The van der Waals surface area contributed by atoms with Crippen LogP contribution >= 0.6 is 0 Å². The van der Waals surface area contributed by atoms with Gasteiger partial charge in [0, 0.05) is 42.5 Å². The van der Waals surface area contributed by atoms with Gasteiger partial charge in [0.2, 0.25) is 5.91 Å². The van der Waals surface area contributed by atoms with Crippen molar-refractivity contribution < 1.29 is 19.0 Å². The molecular weight excluding hydrogens is 344 g/mol. The number of benzene rings is 2. The van der Waals surface area contributed by atoms with Crippen LogP contribution in [-0.2, 0) is 11.3 Å². The maximum atomic E-state index is 12.9. The van der Waals surface area contributed by atoms with Gasteiger partial charge in [-0.3, -0.25) is 9.69 Å². The van der Waals surface area contributed by atoms with Crippen LogP contribution in [0.25, 0.3) is 0 Å². The number of carbonyl (C=O) groups is 1. The molecule has 1 atom stereocenters. The second-order valence-corrected chi connectivity index (χ2v) is 6.66. The maximum absolute atomic E-state index is 12.9. The molecule has 6 heteroatoms. The molecule has 0 unspecified atom stereocenters. The topological polar surface area (TPSA) is 51.2 Å². The van der Waals surface area contributed by atoms with E-state index in [1.54, 1.807) is 21.3 Å². The standard InChI is InChI=1S/C21H26N2O4/c1-15-12-22(13-16-8-9-19(26-3)11-20(16)27-4)14-21(24)23(15)17-6-5-7-18(10-17)25-2/h5-11,15H,12-14H2,1-4H3/t15-/m1/s1. The fraction of sp³-hybridized carbons (Fsp3) is 0.381. The minimum absolute atomic E-state index is 0.0580. The van der Waals surface area contributed by atoms with E-state index in [1.807, 2.05) is 47.4 Å². The van der Waals surface area contributed by atoms with E-state index in [0.29, 0.717) is 13.1 Å². The van der Waals surface area contributed by atoms with Crippen LogP contribution in [0.1, 0.15) is 12.5 Å². The number of amides is 1. The highest BCUT2D eigenvalue weighted by molar-refractivity contribution is 5.96. The predicted molar refractivity (Wildman–Crippen MR) is 105 cm³/mol. The fourth-order valence-electron chi connectivity index (χ4n) is 3.54. The molecule has 0 aromatic heterocycles. The summed E-state index contributed by atoms with van der Waals surface area (Å²) in [6, 6.07) is 13.5. The molecule has 2 aromatic rings. The van der Waals surface area contributed by atoms with Crippen molar-refractivity contribution >= 4 is 11.6 Å². The van der Waals surface area contributed by atoms with Gasteiger partial charge in [-0.25, -0.2) is 0 Å². The van der Waals surface area contributed by atoms with Crippen LogP contribution in [0.4, 0.5) is 5.69 Å². The number of anilines is 1. The van der Waals surface area contributed by atoms with Gasteiger partial charge in [-0.15, -0.1) is 0 Å². The summed E-state index contributed by atoms with van der Waals surface area (Å²) in [6.07, 6.45) is 0. The average molecular weight is 370 g/mol. The van der Waals surface area contributed by atoms with Crippen molar-refractivity contribution in [1.29, 1.82) is 0 Å². The molecule has 0 N–H and O–H groups in total. The molecular formula is C21H26N2O4. The van der Waals surface area contributed by atoms with E-state index in [4.69, 9.17) is 14.2 Å². The summed E-state index contributed by atoms with van der Waals surface area (Å²) < 4.78 is 16.0. The summed E-state index contributed by atoms with van der Waals surface area (Å²) >= 11 is 0. The van der Waals surface area contributed by atoms with Gasteiger partial charge in [-0.2, -0.15) is 0 Å². The number of piperazine rings is 1. The molecule has 0 bridgehead atoms. The molecule has 6 nitrogen and oxygen atoms in total. The molecule has 1 heterocycles. The molecule has 0 radical (unpaired) electrons. The van der Waals surface area contributed by atoms with Crippen LogP contribution in [0, 0.1) is 0 Å². The smallest absolute Gasteiger partial charge is 0.241 e. The van der Waals surface area contributed by atoms with Crippen molar-refractivity contribution in [3.63, 3.8) is 0 Å². The fourth-order valence-corrected chi connectivity index (χ4v) is 3.54. The normalized spacial score (nSPS) is 17.7. The van der Waals surface area contributed by atoms with E-state index in [9.17, 15) is 4.79 Å². The number of hydrogen-bond donors (Lipinski definition) is 0. The second-order valence-electron chi connectivity index (χ2n) is 6.66. The van der Waals surface area contributed by atoms with Crippen molar-refractivity contribution in [2.75, 3.05) is 39.3 Å². The zero-order valence-electron chi connectivity index (χ0n) is 16.3. The molecule has 1 amide bonds. The lowest BCUT2D eigenvalue weighted by atomic mass is 10.1. The van der Waals surface area contributed by atoms with Crippen molar-refractivity contribution in [3.8, 4) is 17.2 Å². The Kier molecular flexibility index (Phi) is 5.86. The quantitative estimate of drug-likeness (QED) is 0.783. The van der Waals surface area contributed by atoms with Gasteiger partial charge >= 0.3 is 0 Å². The van der Waals surface area contributed by atoms with Crippen LogP contribution < -0.4 is 19.1 Å². The van der Waals surface area contributed by atoms with Crippen molar-refractivity contribution in [1.82, 2.24) is 4.90 Å². The van der Waals surface area contributed by atoms with Gasteiger partial charge in [0.05, 0.1) is 27.9 Å². The molecule has 27 heavy (non-hydrogen) atoms. The molecule has 144 valence electrons. The van der Waals surface area contributed by atoms with Crippen molar-refractivity contribution in [2.24, 2.45) is 0 Å². The van der Waals surface area contributed by atoms with Gasteiger partial charge in [0.1, 0.15) is 17.2 Å². The van der Waals surface area contributed by atoms with Crippen LogP contribution in [0.15, 0.2) is 42.5 Å². The molecule has 1 saturated heterocycles. The molecule has 1 fully saturated rings. The van der Waals surface area contributed by atoms with E-state index < -0.39 is 0 Å². The zero-order chi connectivity index (χ0) is 19.4. The number of rotatable bonds is 6. The summed E-state index contributed by atoms with van der Waals surface area (Å²) in [6.45, 7) is 3.85. The van der Waals surface area contributed by atoms with Crippen LogP contribution in [0.2, 0.25) is 0 Å². The number of carbonyl (C=O) groups excluding carboxylic acids is 1. The Morgan fingerprint density at radius 3 is 2.41 bits per heavy atom. The summed E-state index contributed by atoms with van der Waals surface area (Å²) in [5.41, 5.74) is 1.90. The molecule has 0 aliphatic carbocycles. The van der Waals surface area contributed by atoms with E-state index in [1.165, 1.54) is 0 Å². The van der Waals surface area contributed by atoms with E-state index in [-0.39, 0.29) is 11.9 Å².